The molecule has 0 saturated carbocycles. The quantitative estimate of drug-likeness (QED) is 0.364. The van der Waals surface area contributed by atoms with Gasteiger partial charge >= 0.3 is 0 Å². The predicted octanol–water partition coefficient (Wildman–Crippen LogP) is 1.27. The Morgan fingerprint density at radius 2 is 2.45 bits per heavy atom. The van der Waals surface area contributed by atoms with Crippen molar-refractivity contribution in [2.24, 2.45) is 5.92 Å². The van der Waals surface area contributed by atoms with Crippen LogP contribution in [-0.2, 0) is 0 Å². The number of nitrogens with one attached hydrogen (secondary N) is 1. The van der Waals surface area contributed by atoms with Gasteiger partial charge in [-0.2, -0.15) is 0 Å². The minimum atomic E-state index is 0.108. The molecule has 0 aromatic carbocycles. The number of hydrogen-bond acceptors (Lipinski definition) is 2. The summed E-state index contributed by atoms with van der Waals surface area (Å²) in [7, 11) is 0. The van der Waals surface area contributed by atoms with Crippen LogP contribution in [0.5, 0.6) is 0 Å². The van der Waals surface area contributed by atoms with E-state index in [1.807, 2.05) is 0 Å². The topological polar surface area (TPSA) is 32.3 Å². The van der Waals surface area contributed by atoms with Crippen molar-refractivity contribution < 1.29 is 5.11 Å². The second-order valence-corrected chi connectivity index (χ2v) is 3.07. The van der Waals surface area contributed by atoms with Crippen molar-refractivity contribution in [2.45, 2.75) is 25.7 Å². The fourth-order valence-corrected chi connectivity index (χ4v) is 1.49. The minimum absolute atomic E-state index is 0.108. The number of allylic oxidation sites excluding steroid dienone is 2. The van der Waals surface area contributed by atoms with Gasteiger partial charge in [-0.25, -0.2) is 0 Å². The van der Waals surface area contributed by atoms with Crippen molar-refractivity contribution in [1.82, 2.24) is 5.32 Å². The van der Waals surface area contributed by atoms with Crippen LogP contribution >= 0.6 is 0 Å². The molecule has 0 bridgehead atoms. The van der Waals surface area contributed by atoms with E-state index in [1.165, 1.54) is 19.3 Å². The highest BCUT2D eigenvalue weighted by Gasteiger charge is 2.06. The lowest BCUT2D eigenvalue weighted by atomic mass is 9.93. The van der Waals surface area contributed by atoms with Crippen LogP contribution in [0.1, 0.15) is 25.7 Å². The summed E-state index contributed by atoms with van der Waals surface area (Å²) in [4.78, 5) is 0. The van der Waals surface area contributed by atoms with E-state index in [0.717, 1.165) is 18.9 Å². The van der Waals surface area contributed by atoms with E-state index in [0.29, 0.717) is 0 Å². The van der Waals surface area contributed by atoms with Gasteiger partial charge in [0.05, 0.1) is 6.73 Å². The fourth-order valence-electron chi connectivity index (χ4n) is 1.49. The first kappa shape index (κ1) is 8.75. The summed E-state index contributed by atoms with van der Waals surface area (Å²) in [5.41, 5.74) is 0. The Labute approximate surface area is 68.3 Å². The molecular weight excluding hydrogens is 138 g/mol. The summed E-state index contributed by atoms with van der Waals surface area (Å²) in [5.74, 6) is 0.753. The first-order valence-electron chi connectivity index (χ1n) is 4.41. The smallest absolute Gasteiger partial charge is 0.0931 e. The SMILES string of the molecule is OCNCCC1C=CCCC1. The third-order valence-electron chi connectivity index (χ3n) is 2.16. The highest BCUT2D eigenvalue weighted by atomic mass is 16.3. The largest absolute Gasteiger partial charge is 0.381 e. The van der Waals surface area contributed by atoms with Crippen molar-refractivity contribution in [1.29, 1.82) is 0 Å². The zero-order chi connectivity index (χ0) is 7.94. The molecule has 2 nitrogen and oxygen atoms in total. The number of hydrogen-bond donors (Lipinski definition) is 2. The highest BCUT2D eigenvalue weighted by molar-refractivity contribution is 4.92. The maximum atomic E-state index is 8.47. The molecule has 0 heterocycles. The Morgan fingerprint density at radius 1 is 1.55 bits per heavy atom. The van der Waals surface area contributed by atoms with Crippen LogP contribution < -0.4 is 5.32 Å². The van der Waals surface area contributed by atoms with Crippen molar-refractivity contribution in [2.75, 3.05) is 13.3 Å². The lowest BCUT2D eigenvalue weighted by Crippen LogP contribution is -2.18. The van der Waals surface area contributed by atoms with E-state index in [-0.39, 0.29) is 6.73 Å². The molecule has 11 heavy (non-hydrogen) atoms. The predicted molar refractivity (Wildman–Crippen MR) is 46.2 cm³/mol. The Balaban J connectivity index is 2.05. The Bertz CT molecular complexity index is 123. The van der Waals surface area contributed by atoms with Crippen LogP contribution in [0.4, 0.5) is 0 Å². The average Bonchev–Trinajstić information content (AvgIpc) is 2.07. The van der Waals surface area contributed by atoms with E-state index < -0.39 is 0 Å². The Hall–Kier alpha value is -0.340. The molecule has 1 atom stereocenters. The van der Waals surface area contributed by atoms with Gasteiger partial charge in [-0.15, -0.1) is 0 Å². The van der Waals surface area contributed by atoms with Gasteiger partial charge in [0.25, 0.3) is 0 Å². The summed E-state index contributed by atoms with van der Waals surface area (Å²) in [6, 6.07) is 0. The Morgan fingerprint density at radius 3 is 3.09 bits per heavy atom. The number of aliphatic hydroxyl groups excluding tert-OH is 1. The molecular formula is C9H17NO. The van der Waals surface area contributed by atoms with E-state index in [2.05, 4.69) is 17.5 Å². The molecule has 0 radical (unpaired) electrons. The zero-order valence-corrected chi connectivity index (χ0v) is 6.92. The summed E-state index contributed by atoms with van der Waals surface area (Å²) in [6.07, 6.45) is 9.65. The number of rotatable bonds is 4. The fraction of sp³-hybridized carbons (Fsp3) is 0.778. The third kappa shape index (κ3) is 3.54. The van der Waals surface area contributed by atoms with Gasteiger partial charge in [0.15, 0.2) is 0 Å². The second-order valence-electron chi connectivity index (χ2n) is 3.07. The van der Waals surface area contributed by atoms with Crippen molar-refractivity contribution >= 4 is 0 Å². The van der Waals surface area contributed by atoms with Crippen LogP contribution in [0, 0.1) is 5.92 Å². The standard InChI is InChI=1S/C9H17NO/c11-8-10-7-6-9-4-2-1-3-5-9/h2,4,9-11H,1,3,5-8H2. The van der Waals surface area contributed by atoms with Gasteiger partial charge in [-0.3, -0.25) is 5.32 Å². The summed E-state index contributed by atoms with van der Waals surface area (Å²) in [5, 5.41) is 11.4. The summed E-state index contributed by atoms with van der Waals surface area (Å²) < 4.78 is 0. The Kier molecular flexibility index (Phi) is 4.24. The van der Waals surface area contributed by atoms with E-state index in [1.54, 1.807) is 0 Å². The molecule has 0 saturated heterocycles. The molecule has 1 aliphatic rings. The molecule has 0 amide bonds. The van der Waals surface area contributed by atoms with E-state index in [9.17, 15) is 0 Å². The minimum Gasteiger partial charge on any atom is -0.381 e. The molecule has 2 heteroatoms. The van der Waals surface area contributed by atoms with E-state index in [4.69, 9.17) is 5.11 Å². The molecule has 1 rings (SSSR count). The molecule has 0 spiro atoms. The highest BCUT2D eigenvalue weighted by Crippen LogP contribution is 2.19. The van der Waals surface area contributed by atoms with Crippen LogP contribution in [0.15, 0.2) is 12.2 Å². The van der Waals surface area contributed by atoms with Gasteiger partial charge in [0.1, 0.15) is 0 Å². The number of aliphatic hydroxyl groups is 1. The normalized spacial score (nSPS) is 23.9. The maximum absolute atomic E-state index is 8.47. The molecule has 1 unspecified atom stereocenters. The molecule has 2 N–H and O–H groups in total. The molecule has 0 aliphatic heterocycles. The van der Waals surface area contributed by atoms with Crippen LogP contribution in [-0.4, -0.2) is 18.4 Å². The summed E-state index contributed by atoms with van der Waals surface area (Å²) >= 11 is 0. The molecule has 0 aromatic rings. The molecule has 64 valence electrons. The third-order valence-corrected chi connectivity index (χ3v) is 2.16. The molecule has 0 fully saturated rings. The van der Waals surface area contributed by atoms with E-state index >= 15 is 0 Å². The lowest BCUT2D eigenvalue weighted by Gasteiger charge is -2.15. The van der Waals surface area contributed by atoms with Gasteiger partial charge in [-0.1, -0.05) is 12.2 Å². The van der Waals surface area contributed by atoms with Gasteiger partial charge in [0, 0.05) is 0 Å². The van der Waals surface area contributed by atoms with Crippen molar-refractivity contribution in [3.05, 3.63) is 12.2 Å². The van der Waals surface area contributed by atoms with Crippen LogP contribution in [0.2, 0.25) is 0 Å². The van der Waals surface area contributed by atoms with Crippen molar-refractivity contribution in [3.63, 3.8) is 0 Å². The van der Waals surface area contributed by atoms with Crippen LogP contribution in [0.25, 0.3) is 0 Å². The van der Waals surface area contributed by atoms with Gasteiger partial charge in [-0.05, 0) is 38.1 Å². The maximum Gasteiger partial charge on any atom is 0.0931 e. The average molecular weight is 155 g/mol. The molecule has 0 aromatic heterocycles. The van der Waals surface area contributed by atoms with Gasteiger partial charge < -0.3 is 5.11 Å². The molecule has 1 aliphatic carbocycles. The van der Waals surface area contributed by atoms with Gasteiger partial charge in [0.2, 0.25) is 0 Å². The zero-order valence-electron chi connectivity index (χ0n) is 6.92. The monoisotopic (exact) mass is 155 g/mol. The summed E-state index contributed by atoms with van der Waals surface area (Å²) in [6.45, 7) is 1.04. The second kappa shape index (κ2) is 5.33. The van der Waals surface area contributed by atoms with Crippen LogP contribution in [0.3, 0.4) is 0 Å². The lowest BCUT2D eigenvalue weighted by molar-refractivity contribution is 0.257. The van der Waals surface area contributed by atoms with Crippen molar-refractivity contribution in [3.8, 4) is 0 Å². The first-order valence-corrected chi connectivity index (χ1v) is 4.41. The first-order chi connectivity index (χ1) is 5.43.